The molecule has 0 unspecified atom stereocenters. The van der Waals surface area contributed by atoms with Gasteiger partial charge < -0.3 is 30.5 Å². The number of hydroxylamine groups is 2. The molecular weight excluding hydrogens is 632 g/mol. The number of carbonyl (C=O) groups excluding carboxylic acids is 2. The van der Waals surface area contributed by atoms with Crippen molar-refractivity contribution in [3.63, 3.8) is 0 Å². The summed E-state index contributed by atoms with van der Waals surface area (Å²) in [5.74, 6) is 0.951. The maximum absolute atomic E-state index is 14.0. The van der Waals surface area contributed by atoms with Crippen LogP contribution in [0.15, 0.2) is 49.1 Å². The second-order valence-corrected chi connectivity index (χ2v) is 15.9. The zero-order valence-electron chi connectivity index (χ0n) is 31.7. The number of fused-ring (bicyclic) bond motifs is 2. The zero-order valence-corrected chi connectivity index (χ0v) is 31.7. The predicted molar refractivity (Wildman–Crippen MR) is 199 cm³/mol. The third kappa shape index (κ3) is 8.88. The largest absolute Gasteiger partial charge is 0.394 e. The van der Waals surface area contributed by atoms with E-state index in [-0.39, 0.29) is 37.0 Å². The minimum absolute atomic E-state index is 0.0622. The maximum atomic E-state index is 14.0. The molecule has 2 bridgehead atoms. The molecular formula is C40H62N4O6. The van der Waals surface area contributed by atoms with Gasteiger partial charge in [0.25, 0.3) is 5.91 Å². The van der Waals surface area contributed by atoms with Crippen LogP contribution in [-0.2, 0) is 14.4 Å². The monoisotopic (exact) mass is 694 g/mol. The number of aliphatic hydroxyl groups excluding tert-OH is 2. The number of carbonyl (C=O) groups is 2. The zero-order chi connectivity index (χ0) is 36.9. The summed E-state index contributed by atoms with van der Waals surface area (Å²) in [6.07, 6.45) is 8.77. The van der Waals surface area contributed by atoms with E-state index >= 15 is 0 Å². The van der Waals surface area contributed by atoms with Crippen molar-refractivity contribution in [2.45, 2.75) is 91.1 Å². The molecule has 9 atom stereocenters. The number of aliphatic hydroxyl groups is 2. The van der Waals surface area contributed by atoms with E-state index in [0.29, 0.717) is 41.3 Å². The van der Waals surface area contributed by atoms with Crippen molar-refractivity contribution in [2.24, 2.45) is 35.0 Å². The van der Waals surface area contributed by atoms with E-state index in [0.717, 1.165) is 29.7 Å². The fraction of sp³-hybridized carbons (Fsp3) is 0.650. The Labute approximate surface area is 299 Å². The van der Waals surface area contributed by atoms with Gasteiger partial charge in [0.15, 0.2) is 0 Å². The summed E-state index contributed by atoms with van der Waals surface area (Å²) < 4.78 is 5.38. The number of rotatable bonds is 16. The van der Waals surface area contributed by atoms with Crippen molar-refractivity contribution < 1.29 is 29.4 Å². The summed E-state index contributed by atoms with van der Waals surface area (Å²) in [5, 5.41) is 29.0. The minimum Gasteiger partial charge on any atom is -0.394 e. The number of methoxy groups -OCH3 is 1. The van der Waals surface area contributed by atoms with Crippen LogP contribution in [0.2, 0.25) is 0 Å². The molecule has 1 aromatic carbocycles. The van der Waals surface area contributed by atoms with Gasteiger partial charge >= 0.3 is 0 Å². The molecule has 0 aromatic heterocycles. The molecule has 1 aliphatic heterocycles. The van der Waals surface area contributed by atoms with Crippen molar-refractivity contribution >= 4 is 23.1 Å². The summed E-state index contributed by atoms with van der Waals surface area (Å²) in [6.45, 7) is 17.1. The Morgan fingerprint density at radius 3 is 2.44 bits per heavy atom. The van der Waals surface area contributed by atoms with E-state index in [2.05, 4.69) is 51.8 Å². The van der Waals surface area contributed by atoms with E-state index in [9.17, 15) is 19.8 Å². The van der Waals surface area contributed by atoms with Crippen LogP contribution in [0.4, 0.5) is 5.69 Å². The van der Waals surface area contributed by atoms with Gasteiger partial charge in [0, 0.05) is 51.0 Å². The number of nitrogens with one attached hydrogen (secondary N) is 2. The summed E-state index contributed by atoms with van der Waals surface area (Å²) in [4.78, 5) is 35.6. The topological polar surface area (TPSA) is 124 Å². The fourth-order valence-electron chi connectivity index (χ4n) is 8.54. The van der Waals surface area contributed by atoms with Gasteiger partial charge in [0.2, 0.25) is 5.91 Å². The average molecular weight is 695 g/mol. The van der Waals surface area contributed by atoms with Gasteiger partial charge in [-0.1, -0.05) is 65.5 Å². The summed E-state index contributed by atoms with van der Waals surface area (Å²) in [6, 6.07) is 4.93. The Balaban J connectivity index is 1.56. The lowest BCUT2D eigenvalue weighted by molar-refractivity contribution is -0.172. The standard InChI is InChI=1S/C40H62N4O6/c1-11-13-27(28-17-29(19-32(18-28)43(8)9)38(47)41-31(23-49-10)16-24(2)3)14-12-15-44-37(36(26(5)46)35(22-45)50-44)39(48)42-34-21-30-20-33(25(34)4)40(30,6)7/h11-14,17-19,24-26,30-31,33-37,45-46H,1,15-16,20-23H2,2-10H3,(H,41,47)(H,42,48)/t25-,26-,30+,31+,33-,34-,35-,36+,37-/m0/s1. The van der Waals surface area contributed by atoms with Crippen LogP contribution < -0.4 is 15.5 Å². The second-order valence-electron chi connectivity index (χ2n) is 15.9. The van der Waals surface area contributed by atoms with Crippen LogP contribution in [0.1, 0.15) is 76.7 Å². The van der Waals surface area contributed by atoms with Crippen molar-refractivity contribution in [2.75, 3.05) is 45.9 Å². The molecule has 10 heteroatoms. The lowest BCUT2D eigenvalue weighted by Crippen LogP contribution is -2.62. The fourth-order valence-corrected chi connectivity index (χ4v) is 8.54. The molecule has 0 radical (unpaired) electrons. The maximum Gasteiger partial charge on any atom is 0.251 e. The predicted octanol–water partition coefficient (Wildman–Crippen LogP) is 4.83. The number of amides is 2. The van der Waals surface area contributed by atoms with Crippen LogP contribution in [0.3, 0.4) is 0 Å². The molecule has 5 rings (SSSR count). The Hall–Kier alpha value is -3.02. The number of hydrogen-bond acceptors (Lipinski definition) is 8. The van der Waals surface area contributed by atoms with E-state index in [1.54, 1.807) is 25.2 Å². The summed E-state index contributed by atoms with van der Waals surface area (Å²) in [5.41, 5.74) is 3.33. The molecule has 1 heterocycles. The first-order chi connectivity index (χ1) is 23.6. The highest BCUT2D eigenvalue weighted by atomic mass is 16.7. The number of anilines is 1. The first-order valence-corrected chi connectivity index (χ1v) is 18.3. The van der Waals surface area contributed by atoms with E-state index in [1.807, 2.05) is 55.4 Å². The SMILES string of the molecule is C=CC=C(C=CCN1O[C@@H](CO)[C@@H]([C@H](C)O)[C@H]1C(=O)N[C@H]1C[C@H]2C[C@@H]([C@@H]1C)C2(C)C)c1cc(C(=O)N[C@@H](COC)CC(C)C)cc(N(C)C)c1. The number of nitrogens with zero attached hydrogens (tertiary/aromatic N) is 2. The number of ether oxygens (including phenoxy) is 1. The molecule has 0 spiro atoms. The van der Waals surface area contributed by atoms with E-state index < -0.39 is 24.2 Å². The molecule has 4 aliphatic rings. The van der Waals surface area contributed by atoms with Gasteiger partial charge in [0.1, 0.15) is 12.1 Å². The first kappa shape index (κ1) is 39.8. The molecule has 4 fully saturated rings. The van der Waals surface area contributed by atoms with Crippen LogP contribution in [0.5, 0.6) is 0 Å². The van der Waals surface area contributed by atoms with E-state index in [4.69, 9.17) is 9.57 Å². The Kier molecular flexibility index (Phi) is 13.5. The Bertz CT molecular complexity index is 1400. The van der Waals surface area contributed by atoms with Gasteiger partial charge in [-0.15, -0.1) is 0 Å². The normalized spacial score (nSPS) is 29.0. The van der Waals surface area contributed by atoms with Crippen LogP contribution in [0, 0.1) is 35.0 Å². The summed E-state index contributed by atoms with van der Waals surface area (Å²) in [7, 11) is 5.51. The van der Waals surface area contributed by atoms with Crippen molar-refractivity contribution in [1.82, 2.24) is 15.7 Å². The van der Waals surface area contributed by atoms with Gasteiger partial charge in [-0.2, -0.15) is 5.06 Å². The van der Waals surface area contributed by atoms with Crippen molar-refractivity contribution in [3.05, 3.63) is 60.2 Å². The highest BCUT2D eigenvalue weighted by Crippen LogP contribution is 2.61. The van der Waals surface area contributed by atoms with Crippen LogP contribution in [0.25, 0.3) is 5.57 Å². The van der Waals surface area contributed by atoms with Crippen molar-refractivity contribution in [1.29, 1.82) is 0 Å². The number of hydrogen-bond donors (Lipinski definition) is 4. The minimum atomic E-state index is -0.869. The highest BCUT2D eigenvalue weighted by molar-refractivity contribution is 5.97. The molecule has 1 aromatic rings. The molecule has 10 nitrogen and oxygen atoms in total. The quantitative estimate of drug-likeness (QED) is 0.182. The summed E-state index contributed by atoms with van der Waals surface area (Å²) >= 11 is 0. The first-order valence-electron chi connectivity index (χ1n) is 18.3. The molecule has 3 aliphatic carbocycles. The van der Waals surface area contributed by atoms with Gasteiger partial charge in [0.05, 0.1) is 25.4 Å². The second kappa shape index (κ2) is 17.0. The molecule has 3 saturated carbocycles. The molecule has 4 N–H and O–H groups in total. The molecule has 1 saturated heterocycles. The van der Waals surface area contributed by atoms with Gasteiger partial charge in [-0.3, -0.25) is 14.4 Å². The third-order valence-corrected chi connectivity index (χ3v) is 11.4. The lowest BCUT2D eigenvalue weighted by atomic mass is 9.45. The molecule has 278 valence electrons. The highest BCUT2D eigenvalue weighted by Gasteiger charge is 2.57. The lowest BCUT2D eigenvalue weighted by Gasteiger charge is -2.62. The van der Waals surface area contributed by atoms with Crippen molar-refractivity contribution in [3.8, 4) is 0 Å². The van der Waals surface area contributed by atoms with Crippen LogP contribution in [-0.4, -0.2) is 98.4 Å². The smallest absolute Gasteiger partial charge is 0.251 e. The molecule has 2 amide bonds. The Morgan fingerprint density at radius 2 is 1.88 bits per heavy atom. The van der Waals surface area contributed by atoms with Gasteiger partial charge in [-0.25, -0.2) is 0 Å². The third-order valence-electron chi connectivity index (χ3n) is 11.4. The van der Waals surface area contributed by atoms with Crippen LogP contribution >= 0.6 is 0 Å². The average Bonchev–Trinajstić information content (AvgIpc) is 3.43. The molecule has 50 heavy (non-hydrogen) atoms. The Morgan fingerprint density at radius 1 is 1.18 bits per heavy atom. The number of benzene rings is 1. The van der Waals surface area contributed by atoms with E-state index in [1.165, 1.54) is 6.42 Å². The van der Waals surface area contributed by atoms with Gasteiger partial charge in [-0.05, 0) is 84.6 Å². The number of allylic oxidation sites excluding steroid dienone is 4.